The highest BCUT2D eigenvalue weighted by Gasteiger charge is 2.20. The summed E-state index contributed by atoms with van der Waals surface area (Å²) in [7, 11) is 0. The topological polar surface area (TPSA) is 86.3 Å². The maximum Gasteiger partial charge on any atom is 0.246 e. The van der Waals surface area contributed by atoms with Crippen LogP contribution in [0.2, 0.25) is 0 Å². The molecule has 3 heterocycles. The van der Waals surface area contributed by atoms with E-state index in [0.717, 1.165) is 64.9 Å². The molecular weight excluding hydrogens is 696 g/mol. The first-order chi connectivity index (χ1) is 24.9. The van der Waals surface area contributed by atoms with Crippen molar-refractivity contribution in [1.29, 1.82) is 0 Å². The third kappa shape index (κ3) is 11.0. The van der Waals surface area contributed by atoms with E-state index in [0.29, 0.717) is 44.5 Å². The van der Waals surface area contributed by atoms with E-state index in [1.165, 1.54) is 11.1 Å². The van der Waals surface area contributed by atoms with E-state index in [-0.39, 0.29) is 18.3 Å². The molecule has 1 aliphatic heterocycles. The molecule has 1 aliphatic rings. The summed E-state index contributed by atoms with van der Waals surface area (Å²) in [5.74, 6) is 3.59. The van der Waals surface area contributed by atoms with Crippen molar-refractivity contribution in [3.8, 4) is 28.9 Å². The molecule has 0 spiro atoms. The van der Waals surface area contributed by atoms with Crippen LogP contribution in [0.25, 0.3) is 6.08 Å². The van der Waals surface area contributed by atoms with E-state index >= 15 is 0 Å². The van der Waals surface area contributed by atoms with Crippen LogP contribution in [-0.2, 0) is 24.4 Å². The molecule has 52 heavy (non-hydrogen) atoms. The van der Waals surface area contributed by atoms with Crippen LogP contribution >= 0.6 is 23.7 Å². The molecule has 9 nitrogen and oxygen atoms in total. The van der Waals surface area contributed by atoms with Gasteiger partial charge in [-0.15, -0.1) is 23.7 Å². The summed E-state index contributed by atoms with van der Waals surface area (Å²) in [6.45, 7) is 11.6. The Hall–Kier alpha value is -4.90. The maximum atomic E-state index is 13.1. The number of nitrogens with zero attached hydrogens (tertiary/aromatic N) is 4. The number of carbonyl (C=O) groups excluding carboxylic acids is 1. The SMILES string of the molecule is CCOc1cccc(OCCc2ccc(CN3CCN(C(=O)/C=C/c4cc(C)c(Oc5ccc(OCc6cncs6)cn5)c(C)c4)CC3)cc2)c1.Cl. The number of thiazole rings is 1. The Morgan fingerprint density at radius 1 is 0.846 bits per heavy atom. The van der Waals surface area contributed by atoms with Crippen LogP contribution in [0.15, 0.2) is 96.8 Å². The van der Waals surface area contributed by atoms with E-state index in [4.69, 9.17) is 18.9 Å². The number of ether oxygens (including phenoxy) is 4. The van der Waals surface area contributed by atoms with Crippen molar-refractivity contribution in [3.05, 3.63) is 129 Å². The lowest BCUT2D eigenvalue weighted by Crippen LogP contribution is -2.47. The number of hydrogen-bond acceptors (Lipinski definition) is 9. The van der Waals surface area contributed by atoms with E-state index in [1.807, 2.05) is 74.2 Å². The molecule has 0 radical (unpaired) electrons. The lowest BCUT2D eigenvalue weighted by Gasteiger charge is -2.34. The van der Waals surface area contributed by atoms with Crippen LogP contribution < -0.4 is 18.9 Å². The number of rotatable bonds is 15. The zero-order valence-electron chi connectivity index (χ0n) is 29.8. The van der Waals surface area contributed by atoms with Crippen LogP contribution in [0.4, 0.5) is 0 Å². The summed E-state index contributed by atoms with van der Waals surface area (Å²) in [6, 6.07) is 24.2. The standard InChI is InChI=1S/C41H44N4O5S.ClH/c1-4-47-35-6-5-7-36(24-35)48-21-16-32-8-10-33(11-9-32)27-44-17-19-45(20-18-44)40(46)15-12-34-22-30(2)41(31(3)23-34)50-39-14-13-37(25-43-39)49-28-38-26-42-29-51-38;/h5-15,22-26,29H,4,16-21,27-28H2,1-3H3;1H/b15-12+;. The number of benzene rings is 3. The Morgan fingerprint density at radius 3 is 2.25 bits per heavy atom. The van der Waals surface area contributed by atoms with E-state index in [1.54, 1.807) is 41.4 Å². The maximum absolute atomic E-state index is 13.1. The van der Waals surface area contributed by atoms with Gasteiger partial charge in [-0.1, -0.05) is 30.3 Å². The predicted octanol–water partition coefficient (Wildman–Crippen LogP) is 8.33. The average Bonchev–Trinajstić information content (AvgIpc) is 3.67. The van der Waals surface area contributed by atoms with Crippen molar-refractivity contribution in [2.24, 2.45) is 0 Å². The molecule has 5 aromatic rings. The first-order valence-corrected chi connectivity index (χ1v) is 18.2. The van der Waals surface area contributed by atoms with Crippen molar-refractivity contribution in [1.82, 2.24) is 19.8 Å². The Labute approximate surface area is 316 Å². The number of hydrogen-bond donors (Lipinski definition) is 0. The van der Waals surface area contributed by atoms with Crippen LogP contribution in [-0.4, -0.2) is 65.1 Å². The van der Waals surface area contributed by atoms with Gasteiger partial charge in [0, 0.05) is 63.6 Å². The summed E-state index contributed by atoms with van der Waals surface area (Å²) in [6.07, 6.45) is 7.85. The van der Waals surface area contributed by atoms with Gasteiger partial charge in [0.05, 0.1) is 29.8 Å². The Bertz CT molecular complexity index is 1870. The molecule has 0 bridgehead atoms. The van der Waals surface area contributed by atoms with Crippen LogP contribution in [0, 0.1) is 13.8 Å². The molecule has 0 aliphatic carbocycles. The van der Waals surface area contributed by atoms with E-state index < -0.39 is 0 Å². The Morgan fingerprint density at radius 2 is 1.58 bits per heavy atom. The monoisotopic (exact) mass is 740 g/mol. The molecular formula is C41H45ClN4O5S. The van der Waals surface area contributed by atoms with Gasteiger partial charge in [-0.05, 0) is 85.0 Å². The highest BCUT2D eigenvalue weighted by atomic mass is 35.5. The quantitative estimate of drug-likeness (QED) is 0.0992. The van der Waals surface area contributed by atoms with Gasteiger partial charge >= 0.3 is 0 Å². The first kappa shape index (κ1) is 38.3. The molecule has 1 fully saturated rings. The number of aryl methyl sites for hydroxylation is 2. The minimum atomic E-state index is 0. The van der Waals surface area contributed by atoms with Crippen molar-refractivity contribution in [2.75, 3.05) is 39.4 Å². The number of amides is 1. The molecule has 11 heteroatoms. The van der Waals surface area contributed by atoms with Gasteiger partial charge in [-0.3, -0.25) is 14.7 Å². The van der Waals surface area contributed by atoms with Gasteiger partial charge in [-0.25, -0.2) is 4.98 Å². The van der Waals surface area contributed by atoms with Gasteiger partial charge in [-0.2, -0.15) is 0 Å². The molecule has 0 N–H and O–H groups in total. The van der Waals surface area contributed by atoms with Crippen LogP contribution in [0.5, 0.6) is 28.9 Å². The number of aromatic nitrogens is 2. The second-order valence-electron chi connectivity index (χ2n) is 12.4. The zero-order valence-corrected chi connectivity index (χ0v) is 31.5. The van der Waals surface area contributed by atoms with Crippen LogP contribution in [0.3, 0.4) is 0 Å². The molecule has 2 aromatic heterocycles. The molecule has 0 saturated carbocycles. The lowest BCUT2D eigenvalue weighted by atomic mass is 10.1. The van der Waals surface area contributed by atoms with E-state index in [9.17, 15) is 4.79 Å². The summed E-state index contributed by atoms with van der Waals surface area (Å²) in [4.78, 5) is 26.9. The summed E-state index contributed by atoms with van der Waals surface area (Å²) in [5, 5.41) is 0. The minimum Gasteiger partial charge on any atom is -0.494 e. The largest absolute Gasteiger partial charge is 0.494 e. The normalized spacial score (nSPS) is 13.1. The fraction of sp³-hybridized carbons (Fsp3) is 0.293. The molecule has 0 atom stereocenters. The lowest BCUT2D eigenvalue weighted by molar-refractivity contribution is -0.127. The van der Waals surface area contributed by atoms with Gasteiger partial charge in [0.1, 0.15) is 29.6 Å². The molecule has 272 valence electrons. The number of carbonyl (C=O) groups is 1. The Kier molecular flexibility index (Phi) is 14.1. The number of halogens is 1. The van der Waals surface area contributed by atoms with Gasteiger partial charge in [0.2, 0.25) is 11.8 Å². The smallest absolute Gasteiger partial charge is 0.246 e. The average molecular weight is 741 g/mol. The van der Waals surface area contributed by atoms with Gasteiger partial charge < -0.3 is 23.8 Å². The number of pyridine rings is 1. The molecule has 1 amide bonds. The summed E-state index contributed by atoms with van der Waals surface area (Å²) < 4.78 is 23.4. The van der Waals surface area contributed by atoms with Crippen LogP contribution in [0.1, 0.15) is 39.6 Å². The predicted molar refractivity (Wildman–Crippen MR) is 208 cm³/mol. The minimum absolute atomic E-state index is 0. The molecule has 1 saturated heterocycles. The van der Waals surface area contributed by atoms with Gasteiger partial charge in [0.15, 0.2) is 0 Å². The number of piperazine rings is 1. The second-order valence-corrected chi connectivity index (χ2v) is 13.4. The van der Waals surface area contributed by atoms with Crippen molar-refractivity contribution in [3.63, 3.8) is 0 Å². The highest BCUT2D eigenvalue weighted by Crippen LogP contribution is 2.30. The molecule has 0 unspecified atom stereocenters. The molecule has 6 rings (SSSR count). The van der Waals surface area contributed by atoms with E-state index in [2.05, 4.69) is 39.1 Å². The second kappa shape index (κ2) is 19.1. The fourth-order valence-electron chi connectivity index (χ4n) is 5.90. The first-order valence-electron chi connectivity index (χ1n) is 17.3. The van der Waals surface area contributed by atoms with Gasteiger partial charge in [0.25, 0.3) is 0 Å². The Balaban J connectivity index is 0.00000523. The summed E-state index contributed by atoms with van der Waals surface area (Å²) >= 11 is 1.55. The van der Waals surface area contributed by atoms with Crippen molar-refractivity contribution in [2.45, 2.75) is 40.3 Å². The zero-order chi connectivity index (χ0) is 35.4. The third-order valence-electron chi connectivity index (χ3n) is 8.57. The summed E-state index contributed by atoms with van der Waals surface area (Å²) in [5.41, 5.74) is 7.18. The van der Waals surface area contributed by atoms with Crippen molar-refractivity contribution < 1.29 is 23.7 Å². The third-order valence-corrected chi connectivity index (χ3v) is 9.32. The molecule has 3 aromatic carbocycles. The van der Waals surface area contributed by atoms with Crippen molar-refractivity contribution >= 4 is 35.7 Å². The fourth-order valence-corrected chi connectivity index (χ4v) is 6.41. The highest BCUT2D eigenvalue weighted by molar-refractivity contribution is 7.09.